The molecule has 0 bridgehead atoms. The summed E-state index contributed by atoms with van der Waals surface area (Å²) in [5, 5.41) is 6.58. The quantitative estimate of drug-likeness (QED) is 0.730. The predicted molar refractivity (Wildman–Crippen MR) is 107 cm³/mol. The third-order valence-electron chi connectivity index (χ3n) is 5.95. The van der Waals surface area contributed by atoms with Crippen LogP contribution in [0, 0.1) is 13.8 Å². The van der Waals surface area contributed by atoms with Gasteiger partial charge in [0.05, 0.1) is 29.2 Å². The van der Waals surface area contributed by atoms with E-state index in [9.17, 15) is 9.59 Å². The zero-order chi connectivity index (χ0) is 20.8. The van der Waals surface area contributed by atoms with Crippen molar-refractivity contribution in [3.63, 3.8) is 0 Å². The molecule has 0 aliphatic carbocycles. The molecule has 29 heavy (non-hydrogen) atoms. The highest BCUT2D eigenvalue weighted by Crippen LogP contribution is 2.38. The molecule has 8 heteroatoms. The minimum Gasteiger partial charge on any atom is -0.466 e. The summed E-state index contributed by atoms with van der Waals surface area (Å²) in [6, 6.07) is 1.58. The first-order chi connectivity index (χ1) is 13.8. The number of rotatable bonds is 3. The third-order valence-corrected chi connectivity index (χ3v) is 5.95. The molecule has 1 fully saturated rings. The monoisotopic (exact) mass is 399 g/mol. The van der Waals surface area contributed by atoms with Crippen molar-refractivity contribution in [2.24, 2.45) is 0 Å². The number of carbonyl (C=O) groups is 2. The van der Waals surface area contributed by atoms with Gasteiger partial charge in [0.2, 0.25) is 5.91 Å². The molecule has 0 radical (unpaired) electrons. The number of H-pyrrole nitrogens is 1. The van der Waals surface area contributed by atoms with Crippen LogP contribution in [0.2, 0.25) is 0 Å². The van der Waals surface area contributed by atoms with Gasteiger partial charge in [-0.2, -0.15) is 0 Å². The van der Waals surface area contributed by atoms with E-state index in [2.05, 4.69) is 20.6 Å². The number of aromatic nitrogens is 2. The maximum absolute atomic E-state index is 13.0. The number of furan rings is 1. The van der Waals surface area contributed by atoms with Crippen LogP contribution in [-0.2, 0) is 16.8 Å². The summed E-state index contributed by atoms with van der Waals surface area (Å²) in [7, 11) is 0. The molecule has 0 aromatic carbocycles. The van der Waals surface area contributed by atoms with Crippen molar-refractivity contribution in [3.05, 3.63) is 40.9 Å². The van der Waals surface area contributed by atoms with Crippen molar-refractivity contribution in [2.75, 3.05) is 13.1 Å². The number of carbonyl (C=O) groups excluding carboxylic acids is 2. The standard InChI is InChI=1S/C21H29N5O3/c1-12(2)24-19(27)17-10-16-18(23-11-22-16)21(25-17)5-7-26(8-6-21)20(28)15-9-13(3)29-14(15)4/h9,11-12,17,25H,5-8,10H2,1-4H3,(H,22,23)(H,24,27)/t17-/m0/s1. The van der Waals surface area contributed by atoms with Gasteiger partial charge in [-0.15, -0.1) is 0 Å². The summed E-state index contributed by atoms with van der Waals surface area (Å²) in [5.74, 6) is 1.40. The average Bonchev–Trinajstić information content (AvgIpc) is 3.27. The molecule has 1 spiro atoms. The average molecular weight is 399 g/mol. The van der Waals surface area contributed by atoms with E-state index in [4.69, 9.17) is 4.42 Å². The van der Waals surface area contributed by atoms with Gasteiger partial charge in [0, 0.05) is 31.2 Å². The molecular formula is C21H29N5O3. The summed E-state index contributed by atoms with van der Waals surface area (Å²) < 4.78 is 5.53. The molecule has 8 nitrogen and oxygen atoms in total. The molecular weight excluding hydrogens is 370 g/mol. The zero-order valence-corrected chi connectivity index (χ0v) is 17.5. The molecule has 3 N–H and O–H groups in total. The van der Waals surface area contributed by atoms with Gasteiger partial charge in [0.25, 0.3) is 5.91 Å². The number of piperidine rings is 1. The Morgan fingerprint density at radius 2 is 2.03 bits per heavy atom. The molecule has 156 valence electrons. The molecule has 2 aliphatic rings. The maximum Gasteiger partial charge on any atom is 0.257 e. The van der Waals surface area contributed by atoms with E-state index in [0.717, 1.165) is 17.1 Å². The summed E-state index contributed by atoms with van der Waals surface area (Å²) in [6.07, 6.45) is 3.70. The van der Waals surface area contributed by atoms with Gasteiger partial charge in [-0.05, 0) is 46.6 Å². The number of likely N-dealkylation sites (tertiary alicyclic amines) is 1. The fourth-order valence-electron chi connectivity index (χ4n) is 4.58. The third kappa shape index (κ3) is 3.57. The lowest BCUT2D eigenvalue weighted by Gasteiger charge is -2.46. The van der Waals surface area contributed by atoms with E-state index in [0.29, 0.717) is 43.7 Å². The number of imidazole rings is 1. The number of nitrogens with zero attached hydrogens (tertiary/aromatic N) is 2. The summed E-state index contributed by atoms with van der Waals surface area (Å²) in [4.78, 5) is 35.3. The number of fused-ring (bicyclic) bond motifs is 2. The Morgan fingerprint density at radius 1 is 1.31 bits per heavy atom. The zero-order valence-electron chi connectivity index (χ0n) is 17.5. The van der Waals surface area contributed by atoms with Crippen LogP contribution < -0.4 is 10.6 Å². The number of aryl methyl sites for hydroxylation is 2. The molecule has 2 aliphatic heterocycles. The molecule has 0 saturated carbocycles. The van der Waals surface area contributed by atoms with Crippen LogP contribution in [0.5, 0.6) is 0 Å². The Morgan fingerprint density at radius 3 is 2.66 bits per heavy atom. The highest BCUT2D eigenvalue weighted by molar-refractivity contribution is 5.95. The second-order valence-electron chi connectivity index (χ2n) is 8.50. The van der Waals surface area contributed by atoms with Crippen LogP contribution in [0.1, 0.15) is 60.0 Å². The fourth-order valence-corrected chi connectivity index (χ4v) is 4.58. The van der Waals surface area contributed by atoms with E-state index < -0.39 is 5.54 Å². The van der Waals surface area contributed by atoms with Crippen LogP contribution in [0.3, 0.4) is 0 Å². The molecule has 2 aromatic rings. The number of amides is 2. The highest BCUT2D eigenvalue weighted by Gasteiger charge is 2.46. The van der Waals surface area contributed by atoms with Crippen LogP contribution >= 0.6 is 0 Å². The van der Waals surface area contributed by atoms with Crippen molar-refractivity contribution in [1.29, 1.82) is 0 Å². The second-order valence-corrected chi connectivity index (χ2v) is 8.50. The molecule has 1 saturated heterocycles. The van der Waals surface area contributed by atoms with Crippen molar-refractivity contribution < 1.29 is 14.0 Å². The van der Waals surface area contributed by atoms with Gasteiger partial charge in [-0.25, -0.2) is 4.98 Å². The largest absolute Gasteiger partial charge is 0.466 e. The van der Waals surface area contributed by atoms with E-state index >= 15 is 0 Å². The Labute approximate surface area is 170 Å². The van der Waals surface area contributed by atoms with Crippen molar-refractivity contribution in [1.82, 2.24) is 25.5 Å². The Bertz CT molecular complexity index is 921. The Hall–Kier alpha value is -2.61. The Kier molecular flexibility index (Phi) is 4.98. The minimum absolute atomic E-state index is 0.00126. The first-order valence-corrected chi connectivity index (χ1v) is 10.3. The first-order valence-electron chi connectivity index (χ1n) is 10.3. The van der Waals surface area contributed by atoms with Crippen molar-refractivity contribution in [2.45, 2.75) is 64.6 Å². The topological polar surface area (TPSA) is 103 Å². The van der Waals surface area contributed by atoms with Crippen molar-refractivity contribution >= 4 is 11.8 Å². The van der Waals surface area contributed by atoms with E-state index in [1.807, 2.05) is 32.6 Å². The summed E-state index contributed by atoms with van der Waals surface area (Å²) >= 11 is 0. The Balaban J connectivity index is 1.52. The number of nitrogens with one attached hydrogen (secondary N) is 3. The maximum atomic E-state index is 13.0. The lowest BCUT2D eigenvalue weighted by Crippen LogP contribution is -2.62. The predicted octanol–water partition coefficient (Wildman–Crippen LogP) is 1.79. The smallest absolute Gasteiger partial charge is 0.257 e. The SMILES string of the molecule is Cc1cc(C(=O)N2CCC3(CC2)N[C@H](C(=O)NC(C)C)Cc2[nH]cnc23)c(C)o1. The number of aromatic amines is 1. The molecule has 2 aromatic heterocycles. The number of hydrogen-bond acceptors (Lipinski definition) is 5. The van der Waals surface area contributed by atoms with Crippen LogP contribution in [-0.4, -0.2) is 51.9 Å². The molecule has 4 heterocycles. The fraction of sp³-hybridized carbons (Fsp3) is 0.571. The van der Waals surface area contributed by atoms with Crippen LogP contribution in [0.25, 0.3) is 0 Å². The summed E-state index contributed by atoms with van der Waals surface area (Å²) in [6.45, 7) is 8.79. The van der Waals surface area contributed by atoms with Gasteiger partial charge in [0.15, 0.2) is 0 Å². The van der Waals surface area contributed by atoms with E-state index in [1.165, 1.54) is 0 Å². The lowest BCUT2D eigenvalue weighted by molar-refractivity contribution is -0.124. The van der Waals surface area contributed by atoms with E-state index in [1.54, 1.807) is 12.4 Å². The molecule has 2 amide bonds. The second kappa shape index (κ2) is 7.33. The van der Waals surface area contributed by atoms with Gasteiger partial charge in [-0.1, -0.05) is 0 Å². The van der Waals surface area contributed by atoms with Gasteiger partial charge in [0.1, 0.15) is 11.5 Å². The van der Waals surface area contributed by atoms with Crippen LogP contribution in [0.4, 0.5) is 0 Å². The normalized spacial score (nSPS) is 20.7. The van der Waals surface area contributed by atoms with Gasteiger partial charge >= 0.3 is 0 Å². The molecule has 0 unspecified atom stereocenters. The summed E-state index contributed by atoms with van der Waals surface area (Å²) in [5.41, 5.74) is 2.22. The minimum atomic E-state index is -0.398. The van der Waals surface area contributed by atoms with Crippen LogP contribution in [0.15, 0.2) is 16.8 Å². The van der Waals surface area contributed by atoms with E-state index in [-0.39, 0.29) is 23.9 Å². The molecule has 4 rings (SSSR count). The van der Waals surface area contributed by atoms with Gasteiger partial charge < -0.3 is 19.6 Å². The van der Waals surface area contributed by atoms with Crippen molar-refractivity contribution in [3.8, 4) is 0 Å². The number of hydrogen-bond donors (Lipinski definition) is 3. The van der Waals surface area contributed by atoms with Gasteiger partial charge in [-0.3, -0.25) is 14.9 Å². The lowest BCUT2D eigenvalue weighted by atomic mass is 9.78. The first kappa shape index (κ1) is 19.7. The highest BCUT2D eigenvalue weighted by atomic mass is 16.3. The molecule has 1 atom stereocenters.